The van der Waals surface area contributed by atoms with E-state index in [4.69, 9.17) is 0 Å². The van der Waals surface area contributed by atoms with Crippen molar-refractivity contribution < 1.29 is 13.2 Å². The lowest BCUT2D eigenvalue weighted by molar-refractivity contribution is -0.120. The highest BCUT2D eigenvalue weighted by atomic mass is 32.2. The van der Waals surface area contributed by atoms with E-state index in [9.17, 15) is 13.2 Å². The number of aryl methyl sites for hydroxylation is 1. The summed E-state index contributed by atoms with van der Waals surface area (Å²) in [4.78, 5) is 12.7. The fourth-order valence-electron chi connectivity index (χ4n) is 2.81. The number of thiophene rings is 1. The van der Waals surface area contributed by atoms with Crippen LogP contribution in [0.25, 0.3) is 0 Å². The number of nitrogens with one attached hydrogen (secondary N) is 1. The van der Waals surface area contributed by atoms with E-state index in [1.807, 2.05) is 23.8 Å². The Balaban J connectivity index is 1.72. The fraction of sp³-hybridized carbons (Fsp3) is 0.353. The molecular formula is C17H20N2O3S2. The van der Waals surface area contributed by atoms with Gasteiger partial charge in [-0.1, -0.05) is 17.7 Å². The molecule has 0 radical (unpaired) electrons. The number of hydrogen-bond acceptors (Lipinski definition) is 4. The van der Waals surface area contributed by atoms with Crippen molar-refractivity contribution in [2.75, 3.05) is 18.4 Å². The Morgan fingerprint density at radius 1 is 1.25 bits per heavy atom. The van der Waals surface area contributed by atoms with E-state index in [1.54, 1.807) is 24.3 Å². The zero-order valence-corrected chi connectivity index (χ0v) is 15.1. The van der Waals surface area contributed by atoms with E-state index in [0.29, 0.717) is 19.4 Å². The SMILES string of the molecule is Cc1ccc(S(=O)(=O)N2CCCC(C(=O)Nc3ccsc3)C2)cc1. The molecule has 2 aromatic rings. The maximum Gasteiger partial charge on any atom is 0.243 e. The topological polar surface area (TPSA) is 66.5 Å². The molecule has 1 N–H and O–H groups in total. The van der Waals surface area contributed by atoms with Gasteiger partial charge in [-0.2, -0.15) is 15.6 Å². The minimum atomic E-state index is -3.55. The van der Waals surface area contributed by atoms with Crippen molar-refractivity contribution in [2.45, 2.75) is 24.7 Å². The second-order valence-electron chi connectivity index (χ2n) is 6.02. The van der Waals surface area contributed by atoms with Gasteiger partial charge < -0.3 is 5.32 Å². The van der Waals surface area contributed by atoms with Crippen molar-refractivity contribution in [3.05, 3.63) is 46.7 Å². The van der Waals surface area contributed by atoms with Crippen LogP contribution in [0.3, 0.4) is 0 Å². The van der Waals surface area contributed by atoms with Gasteiger partial charge in [-0.15, -0.1) is 0 Å². The zero-order chi connectivity index (χ0) is 17.2. The molecule has 5 nitrogen and oxygen atoms in total. The number of amides is 1. The molecule has 3 rings (SSSR count). The normalized spacial score (nSPS) is 19.1. The van der Waals surface area contributed by atoms with Crippen molar-refractivity contribution >= 4 is 33.0 Å². The molecule has 1 aliphatic heterocycles. The van der Waals surface area contributed by atoms with E-state index >= 15 is 0 Å². The molecule has 1 aliphatic rings. The highest BCUT2D eigenvalue weighted by Crippen LogP contribution is 2.25. The summed E-state index contributed by atoms with van der Waals surface area (Å²) in [5.74, 6) is -0.434. The molecule has 1 aromatic heterocycles. The van der Waals surface area contributed by atoms with E-state index in [0.717, 1.165) is 11.3 Å². The average molecular weight is 364 g/mol. The Kier molecular flexibility index (Phi) is 5.03. The van der Waals surface area contributed by atoms with Gasteiger partial charge in [-0.3, -0.25) is 4.79 Å². The van der Waals surface area contributed by atoms with E-state index < -0.39 is 10.0 Å². The van der Waals surface area contributed by atoms with Gasteiger partial charge in [0.2, 0.25) is 15.9 Å². The van der Waals surface area contributed by atoms with Crippen molar-refractivity contribution in [2.24, 2.45) is 5.92 Å². The number of carbonyl (C=O) groups excluding carboxylic acids is 1. The van der Waals surface area contributed by atoms with Gasteiger partial charge in [-0.05, 0) is 43.3 Å². The first kappa shape index (κ1) is 17.1. The molecule has 1 saturated heterocycles. The van der Waals surface area contributed by atoms with Crippen LogP contribution in [0.1, 0.15) is 18.4 Å². The Morgan fingerprint density at radius 3 is 2.67 bits per heavy atom. The minimum absolute atomic E-state index is 0.114. The van der Waals surface area contributed by atoms with Crippen molar-refractivity contribution in [3.63, 3.8) is 0 Å². The third-order valence-electron chi connectivity index (χ3n) is 4.20. The van der Waals surface area contributed by atoms with Crippen LogP contribution < -0.4 is 5.32 Å². The number of sulfonamides is 1. The lowest BCUT2D eigenvalue weighted by atomic mass is 9.99. The molecular weight excluding hydrogens is 344 g/mol. The summed E-state index contributed by atoms with van der Waals surface area (Å²) >= 11 is 1.51. The first-order valence-corrected chi connectivity index (χ1v) is 10.2. The number of carbonyl (C=O) groups is 1. The summed E-state index contributed by atoms with van der Waals surface area (Å²) in [6.45, 7) is 2.60. The summed E-state index contributed by atoms with van der Waals surface area (Å²) in [5, 5.41) is 6.62. The van der Waals surface area contributed by atoms with Crippen molar-refractivity contribution in [1.29, 1.82) is 0 Å². The maximum absolute atomic E-state index is 12.8. The van der Waals surface area contributed by atoms with Crippen LogP contribution >= 0.6 is 11.3 Å². The van der Waals surface area contributed by atoms with Gasteiger partial charge in [0.25, 0.3) is 0 Å². The maximum atomic E-state index is 12.8. The number of nitrogens with zero attached hydrogens (tertiary/aromatic N) is 1. The molecule has 7 heteroatoms. The Morgan fingerprint density at radius 2 is 2.00 bits per heavy atom. The molecule has 0 aliphatic carbocycles. The first-order valence-electron chi connectivity index (χ1n) is 7.87. The van der Waals surface area contributed by atoms with Gasteiger partial charge in [0.15, 0.2) is 0 Å². The zero-order valence-electron chi connectivity index (χ0n) is 13.4. The van der Waals surface area contributed by atoms with E-state index in [1.165, 1.54) is 15.6 Å². The molecule has 1 aromatic carbocycles. The Labute approximate surface area is 146 Å². The largest absolute Gasteiger partial charge is 0.325 e. The molecule has 128 valence electrons. The second kappa shape index (κ2) is 7.04. The second-order valence-corrected chi connectivity index (χ2v) is 8.73. The van der Waals surface area contributed by atoms with Crippen molar-refractivity contribution in [1.82, 2.24) is 4.31 Å². The van der Waals surface area contributed by atoms with Crippen LogP contribution in [0.15, 0.2) is 46.0 Å². The van der Waals surface area contributed by atoms with E-state index in [-0.39, 0.29) is 23.3 Å². The highest BCUT2D eigenvalue weighted by molar-refractivity contribution is 7.89. The van der Waals surface area contributed by atoms with Crippen molar-refractivity contribution in [3.8, 4) is 0 Å². The monoisotopic (exact) mass is 364 g/mol. The number of hydrogen-bond donors (Lipinski definition) is 1. The van der Waals surface area contributed by atoms with Gasteiger partial charge >= 0.3 is 0 Å². The molecule has 0 saturated carbocycles. The number of anilines is 1. The number of rotatable bonds is 4. The number of piperidine rings is 1. The fourth-order valence-corrected chi connectivity index (χ4v) is 4.93. The minimum Gasteiger partial charge on any atom is -0.325 e. The molecule has 0 spiro atoms. The Hall–Kier alpha value is -1.70. The molecule has 1 fully saturated rings. The summed E-state index contributed by atoms with van der Waals surface area (Å²) in [7, 11) is -3.55. The van der Waals surface area contributed by atoms with Gasteiger partial charge in [0.05, 0.1) is 16.5 Å². The predicted octanol–water partition coefficient (Wildman–Crippen LogP) is 3.10. The Bertz CT molecular complexity index is 799. The van der Waals surface area contributed by atoms with E-state index in [2.05, 4.69) is 5.32 Å². The predicted molar refractivity (Wildman–Crippen MR) is 95.6 cm³/mol. The lowest BCUT2D eigenvalue weighted by Gasteiger charge is -2.31. The number of benzene rings is 1. The van der Waals surface area contributed by atoms with Gasteiger partial charge in [0, 0.05) is 18.5 Å². The van der Waals surface area contributed by atoms with Crippen LogP contribution in [0, 0.1) is 12.8 Å². The summed E-state index contributed by atoms with van der Waals surface area (Å²) < 4.78 is 27.0. The van der Waals surface area contributed by atoms with Gasteiger partial charge in [-0.25, -0.2) is 8.42 Å². The lowest BCUT2D eigenvalue weighted by Crippen LogP contribution is -2.43. The summed E-state index contributed by atoms with van der Waals surface area (Å²) in [6, 6.07) is 8.67. The molecule has 1 atom stereocenters. The average Bonchev–Trinajstić information content (AvgIpc) is 3.08. The van der Waals surface area contributed by atoms with Crippen LogP contribution in [0.4, 0.5) is 5.69 Å². The summed E-state index contributed by atoms with van der Waals surface area (Å²) in [5.41, 5.74) is 1.78. The molecule has 24 heavy (non-hydrogen) atoms. The van der Waals surface area contributed by atoms with Crippen LogP contribution in [-0.2, 0) is 14.8 Å². The highest BCUT2D eigenvalue weighted by Gasteiger charge is 2.33. The molecule has 1 amide bonds. The molecule has 1 unspecified atom stereocenters. The smallest absolute Gasteiger partial charge is 0.243 e. The third kappa shape index (κ3) is 3.68. The first-order chi connectivity index (χ1) is 11.5. The van der Waals surface area contributed by atoms with Crippen LogP contribution in [0.2, 0.25) is 0 Å². The molecule has 2 heterocycles. The summed E-state index contributed by atoms with van der Waals surface area (Å²) in [6.07, 6.45) is 1.39. The third-order valence-corrected chi connectivity index (χ3v) is 6.76. The van der Waals surface area contributed by atoms with Crippen LogP contribution in [-0.4, -0.2) is 31.7 Å². The molecule has 0 bridgehead atoms. The van der Waals surface area contributed by atoms with Gasteiger partial charge in [0.1, 0.15) is 0 Å². The quantitative estimate of drug-likeness (QED) is 0.906. The van der Waals surface area contributed by atoms with Crippen LogP contribution in [0.5, 0.6) is 0 Å². The standard InChI is InChI=1S/C17H20N2O3S2/c1-13-4-6-16(7-5-13)24(21,22)19-9-2-3-14(11-19)17(20)18-15-8-10-23-12-15/h4-8,10,12,14H,2-3,9,11H2,1H3,(H,18,20).